The van der Waals surface area contributed by atoms with E-state index in [0.717, 1.165) is 38.0 Å². The zero-order valence-corrected chi connectivity index (χ0v) is 16.8. The maximum Gasteiger partial charge on any atom is 0.255 e. The van der Waals surface area contributed by atoms with Crippen molar-refractivity contribution in [1.29, 1.82) is 0 Å². The van der Waals surface area contributed by atoms with Gasteiger partial charge in [-0.25, -0.2) is 0 Å². The Kier molecular flexibility index (Phi) is 6.89. The summed E-state index contributed by atoms with van der Waals surface area (Å²) in [5.74, 6) is -0.00656. The molecule has 1 aliphatic carbocycles. The molecule has 5 heteroatoms. The van der Waals surface area contributed by atoms with Gasteiger partial charge < -0.3 is 15.1 Å². The first kappa shape index (κ1) is 19.9. The van der Waals surface area contributed by atoms with Gasteiger partial charge in [0, 0.05) is 11.6 Å². The predicted octanol–water partition coefficient (Wildman–Crippen LogP) is 1.95. The standard InChI is InChI=1S/C22H33N3O2/c1-3-24(4-2)15-16-25-20(18-13-9-10-14-19(18)22(25)27)21(26)23-17-11-7-5-6-8-12-17/h9-10,13-14,17,20H,3-8,11-12,15-16H2,1-2H3,(H,23,26)/p+1. The summed E-state index contributed by atoms with van der Waals surface area (Å²) < 4.78 is 0. The third-order valence-electron chi connectivity index (χ3n) is 6.21. The van der Waals surface area contributed by atoms with Crippen LogP contribution in [0.15, 0.2) is 24.3 Å². The molecule has 0 bridgehead atoms. The summed E-state index contributed by atoms with van der Waals surface area (Å²) in [4.78, 5) is 29.4. The lowest BCUT2D eigenvalue weighted by Gasteiger charge is -2.28. The van der Waals surface area contributed by atoms with Gasteiger partial charge in [-0.3, -0.25) is 9.59 Å². The summed E-state index contributed by atoms with van der Waals surface area (Å²) in [6.45, 7) is 7.88. The van der Waals surface area contributed by atoms with Crippen LogP contribution in [0.2, 0.25) is 0 Å². The fourth-order valence-corrected chi connectivity index (χ4v) is 4.47. The van der Waals surface area contributed by atoms with Crippen LogP contribution in [0, 0.1) is 0 Å². The van der Waals surface area contributed by atoms with E-state index in [2.05, 4.69) is 19.2 Å². The van der Waals surface area contributed by atoms with E-state index in [9.17, 15) is 9.59 Å². The van der Waals surface area contributed by atoms with Crippen LogP contribution in [0.3, 0.4) is 0 Å². The first-order valence-electron chi connectivity index (χ1n) is 10.7. The molecule has 0 aromatic heterocycles. The molecule has 2 N–H and O–H groups in total. The molecule has 2 amide bonds. The number of rotatable bonds is 7. The molecule has 0 saturated heterocycles. The second-order valence-corrected chi connectivity index (χ2v) is 7.89. The molecule has 1 aliphatic heterocycles. The van der Waals surface area contributed by atoms with Crippen molar-refractivity contribution in [3.63, 3.8) is 0 Å². The van der Waals surface area contributed by atoms with E-state index in [0.29, 0.717) is 12.1 Å². The van der Waals surface area contributed by atoms with Crippen molar-refractivity contribution >= 4 is 11.8 Å². The molecule has 3 rings (SSSR count). The number of nitrogens with one attached hydrogen (secondary N) is 2. The topological polar surface area (TPSA) is 53.9 Å². The molecule has 1 heterocycles. The van der Waals surface area contributed by atoms with Crippen molar-refractivity contribution in [1.82, 2.24) is 10.2 Å². The number of fused-ring (bicyclic) bond motifs is 1. The molecule has 2 aliphatic rings. The SMILES string of the molecule is CC[NH+](CC)CCN1C(=O)c2ccccc2C1C(=O)NC1CCCCCC1. The smallest absolute Gasteiger partial charge is 0.255 e. The van der Waals surface area contributed by atoms with Gasteiger partial charge in [0.1, 0.15) is 6.04 Å². The number of amides is 2. The average Bonchev–Trinajstić information content (AvgIpc) is 2.82. The lowest BCUT2D eigenvalue weighted by molar-refractivity contribution is -0.895. The highest BCUT2D eigenvalue weighted by Crippen LogP contribution is 2.33. The molecular weight excluding hydrogens is 338 g/mol. The van der Waals surface area contributed by atoms with Gasteiger partial charge in [-0.1, -0.05) is 43.9 Å². The minimum Gasteiger partial charge on any atom is -0.351 e. The van der Waals surface area contributed by atoms with E-state index in [4.69, 9.17) is 0 Å². The number of carbonyl (C=O) groups is 2. The Morgan fingerprint density at radius 1 is 1.11 bits per heavy atom. The van der Waals surface area contributed by atoms with Crippen LogP contribution in [0.4, 0.5) is 0 Å². The van der Waals surface area contributed by atoms with E-state index < -0.39 is 6.04 Å². The van der Waals surface area contributed by atoms with Crippen LogP contribution in [0.5, 0.6) is 0 Å². The Morgan fingerprint density at radius 2 is 1.78 bits per heavy atom. The molecule has 1 atom stereocenters. The quantitative estimate of drug-likeness (QED) is 0.719. The number of nitrogens with zero attached hydrogens (tertiary/aromatic N) is 1. The van der Waals surface area contributed by atoms with Crippen LogP contribution >= 0.6 is 0 Å². The van der Waals surface area contributed by atoms with Crippen LogP contribution in [-0.2, 0) is 4.79 Å². The summed E-state index contributed by atoms with van der Waals surface area (Å²) in [6, 6.07) is 7.38. The molecule has 1 fully saturated rings. The monoisotopic (exact) mass is 372 g/mol. The van der Waals surface area contributed by atoms with Gasteiger partial charge >= 0.3 is 0 Å². The summed E-state index contributed by atoms with van der Waals surface area (Å²) >= 11 is 0. The highest BCUT2D eigenvalue weighted by atomic mass is 16.2. The molecule has 1 aromatic rings. The van der Waals surface area contributed by atoms with E-state index >= 15 is 0 Å². The summed E-state index contributed by atoms with van der Waals surface area (Å²) in [5, 5.41) is 3.27. The Balaban J connectivity index is 1.77. The van der Waals surface area contributed by atoms with Gasteiger partial charge in [-0.2, -0.15) is 0 Å². The largest absolute Gasteiger partial charge is 0.351 e. The number of benzene rings is 1. The van der Waals surface area contributed by atoms with Crippen LogP contribution < -0.4 is 10.2 Å². The number of hydrogen-bond acceptors (Lipinski definition) is 2. The highest BCUT2D eigenvalue weighted by Gasteiger charge is 2.41. The Morgan fingerprint density at radius 3 is 2.44 bits per heavy atom. The zero-order valence-electron chi connectivity index (χ0n) is 16.8. The predicted molar refractivity (Wildman–Crippen MR) is 107 cm³/mol. The molecule has 1 saturated carbocycles. The van der Waals surface area contributed by atoms with Gasteiger partial charge in [-0.05, 0) is 38.3 Å². The van der Waals surface area contributed by atoms with Crippen molar-refractivity contribution in [3.05, 3.63) is 35.4 Å². The molecule has 27 heavy (non-hydrogen) atoms. The minimum atomic E-state index is -0.480. The van der Waals surface area contributed by atoms with Crippen molar-refractivity contribution in [3.8, 4) is 0 Å². The van der Waals surface area contributed by atoms with Crippen molar-refractivity contribution in [2.75, 3.05) is 26.2 Å². The maximum atomic E-state index is 13.2. The maximum absolute atomic E-state index is 13.2. The van der Waals surface area contributed by atoms with Crippen molar-refractivity contribution in [2.45, 2.75) is 64.5 Å². The molecule has 0 spiro atoms. The van der Waals surface area contributed by atoms with E-state index in [-0.39, 0.29) is 17.9 Å². The Hall–Kier alpha value is -1.88. The van der Waals surface area contributed by atoms with Gasteiger partial charge in [0.2, 0.25) is 5.91 Å². The Labute approximate surface area is 163 Å². The van der Waals surface area contributed by atoms with Gasteiger partial charge in [0.05, 0.1) is 26.2 Å². The van der Waals surface area contributed by atoms with Crippen LogP contribution in [0.25, 0.3) is 0 Å². The van der Waals surface area contributed by atoms with E-state index in [1.165, 1.54) is 30.6 Å². The summed E-state index contributed by atoms with van der Waals surface area (Å²) in [7, 11) is 0. The van der Waals surface area contributed by atoms with Crippen molar-refractivity contribution in [2.24, 2.45) is 0 Å². The lowest BCUT2D eigenvalue weighted by atomic mass is 10.0. The second kappa shape index (κ2) is 9.36. The van der Waals surface area contributed by atoms with E-state index in [1.807, 2.05) is 24.3 Å². The van der Waals surface area contributed by atoms with Crippen LogP contribution in [0.1, 0.15) is 74.3 Å². The molecule has 5 nitrogen and oxygen atoms in total. The lowest BCUT2D eigenvalue weighted by Crippen LogP contribution is -3.12. The number of carbonyl (C=O) groups excluding carboxylic acids is 2. The molecule has 1 aromatic carbocycles. The number of hydrogen-bond donors (Lipinski definition) is 2. The molecule has 148 valence electrons. The third-order valence-corrected chi connectivity index (χ3v) is 6.21. The van der Waals surface area contributed by atoms with E-state index in [1.54, 1.807) is 4.90 Å². The molecular formula is C22H34N3O2+. The average molecular weight is 373 g/mol. The number of likely N-dealkylation sites (N-methyl/N-ethyl adjacent to an activating group) is 1. The molecule has 1 unspecified atom stereocenters. The van der Waals surface area contributed by atoms with Gasteiger partial charge in [-0.15, -0.1) is 0 Å². The van der Waals surface area contributed by atoms with Gasteiger partial charge in [0.25, 0.3) is 5.91 Å². The Bertz CT molecular complexity index is 649. The summed E-state index contributed by atoms with van der Waals surface area (Å²) in [5.41, 5.74) is 1.55. The fraction of sp³-hybridized carbons (Fsp3) is 0.636. The summed E-state index contributed by atoms with van der Waals surface area (Å²) in [6.07, 6.45) is 6.99. The minimum absolute atomic E-state index is 0.00169. The normalized spacial score (nSPS) is 20.6. The van der Waals surface area contributed by atoms with Crippen molar-refractivity contribution < 1.29 is 14.5 Å². The number of quaternary nitrogens is 1. The highest BCUT2D eigenvalue weighted by molar-refractivity contribution is 6.04. The van der Waals surface area contributed by atoms with Gasteiger partial charge in [0.15, 0.2) is 0 Å². The van der Waals surface area contributed by atoms with Crippen LogP contribution in [-0.4, -0.2) is 48.9 Å². The first-order valence-corrected chi connectivity index (χ1v) is 10.7. The fourth-order valence-electron chi connectivity index (χ4n) is 4.47. The zero-order chi connectivity index (χ0) is 19.2. The molecule has 0 radical (unpaired) electrons. The first-order chi connectivity index (χ1) is 13.2. The second-order valence-electron chi connectivity index (χ2n) is 7.89. The third kappa shape index (κ3) is 4.52.